The van der Waals surface area contributed by atoms with E-state index in [1.807, 2.05) is 21.1 Å². The summed E-state index contributed by atoms with van der Waals surface area (Å²) in [6.45, 7) is 10.1. The van der Waals surface area contributed by atoms with Crippen molar-refractivity contribution >= 4 is 7.82 Å². The summed E-state index contributed by atoms with van der Waals surface area (Å²) in [4.78, 5) is 25.6. The van der Waals surface area contributed by atoms with Crippen LogP contribution in [-0.2, 0) is 45.3 Å². The summed E-state index contributed by atoms with van der Waals surface area (Å²) >= 11 is 0. The third-order valence-electron chi connectivity index (χ3n) is 4.78. The lowest BCUT2D eigenvalue weighted by atomic mass is 10.3. The van der Waals surface area contributed by atoms with Crippen LogP contribution in [0.2, 0.25) is 0 Å². The van der Waals surface area contributed by atoms with Crippen LogP contribution >= 0.6 is 7.82 Å². The number of nitrogens with zero attached hydrogens (tertiary/aromatic N) is 6. The first-order valence-corrected chi connectivity index (χ1v) is 13.7. The molecule has 3 rings (SSSR count). The molecule has 0 saturated carbocycles. The lowest BCUT2D eigenvalue weighted by molar-refractivity contribution is -0.671. The molecule has 0 aromatic carbocycles. The second-order valence-electron chi connectivity index (χ2n) is 8.46. The molecule has 3 aromatic rings. The Labute approximate surface area is 211 Å². The topological polar surface area (TPSA) is 113 Å². The molecule has 3 heterocycles. The Bertz CT molecular complexity index is 834. The predicted molar refractivity (Wildman–Crippen MR) is 129 cm³/mol. The normalized spacial score (nSPS) is 10.4. The number of aryl methyl sites for hydroxylation is 6. The zero-order chi connectivity index (χ0) is 26.7. The molecule has 0 radical (unpaired) electrons. The zero-order valence-corrected chi connectivity index (χ0v) is 23.2. The molecule has 0 aliphatic heterocycles. The molecule has 11 heteroatoms. The molecule has 0 bridgehead atoms. The Morgan fingerprint density at radius 2 is 0.829 bits per heavy atom. The van der Waals surface area contributed by atoms with Crippen molar-refractivity contribution in [2.24, 2.45) is 21.1 Å². The van der Waals surface area contributed by atoms with Gasteiger partial charge in [-0.3, -0.25) is 0 Å². The summed E-state index contributed by atoms with van der Waals surface area (Å²) in [6, 6.07) is 0. The third kappa shape index (κ3) is 20.8. The Morgan fingerprint density at radius 1 is 0.600 bits per heavy atom. The maximum Gasteiger partial charge on any atom is 0.243 e. The van der Waals surface area contributed by atoms with Gasteiger partial charge in [-0.05, 0) is 19.3 Å². The van der Waals surface area contributed by atoms with Crippen LogP contribution in [0, 0.1) is 0 Å². The van der Waals surface area contributed by atoms with Gasteiger partial charge in [0, 0.05) is 0 Å². The molecular formula is C24H45N6O4P. The van der Waals surface area contributed by atoms with E-state index < -0.39 is 7.82 Å². The molecule has 10 nitrogen and oxygen atoms in total. The predicted octanol–water partition coefficient (Wildman–Crippen LogP) is 0.514. The molecule has 0 spiro atoms. The standard InChI is InChI=1S/3C8H15N2.H3O4P/c3*1-3-4-5-10-7-6-9(2)8-10;1-5(2,3)4/h3*6-8H,3-5H2,1-2H3;(H3,1,2,3,4)/q3*+1;/p-3. The summed E-state index contributed by atoms with van der Waals surface area (Å²) in [6.07, 6.45) is 26.5. The fourth-order valence-electron chi connectivity index (χ4n) is 2.92. The van der Waals surface area contributed by atoms with Crippen molar-refractivity contribution in [1.29, 1.82) is 0 Å². The van der Waals surface area contributed by atoms with Gasteiger partial charge in [0.05, 0.1) is 40.8 Å². The van der Waals surface area contributed by atoms with Gasteiger partial charge in [0.1, 0.15) is 37.2 Å². The van der Waals surface area contributed by atoms with Gasteiger partial charge >= 0.3 is 0 Å². The molecule has 200 valence electrons. The summed E-state index contributed by atoms with van der Waals surface area (Å²) < 4.78 is 21.4. The first-order chi connectivity index (χ1) is 16.5. The molecule has 0 amide bonds. The molecule has 0 saturated heterocycles. The first kappa shape index (κ1) is 32.7. The summed E-state index contributed by atoms with van der Waals surface area (Å²) in [7, 11) is 0.743. The number of imidazole rings is 3. The maximum atomic E-state index is 8.55. The smallest absolute Gasteiger partial charge is 0.243 e. The van der Waals surface area contributed by atoms with Gasteiger partial charge in [-0.1, -0.05) is 40.0 Å². The molecule has 0 atom stereocenters. The van der Waals surface area contributed by atoms with E-state index in [0.29, 0.717) is 0 Å². The molecule has 3 aromatic heterocycles. The minimum atomic E-state index is -5.39. The van der Waals surface area contributed by atoms with Gasteiger partial charge in [0.25, 0.3) is 0 Å². The van der Waals surface area contributed by atoms with Crippen molar-refractivity contribution < 1.29 is 32.9 Å². The fraction of sp³-hybridized carbons (Fsp3) is 0.625. The highest BCUT2D eigenvalue weighted by molar-refractivity contribution is 7.40. The number of rotatable bonds is 9. The Hall–Kier alpha value is -2.26. The summed E-state index contributed by atoms with van der Waals surface area (Å²) in [5.74, 6) is 0. The van der Waals surface area contributed by atoms with Crippen LogP contribution in [0.4, 0.5) is 0 Å². The average molecular weight is 513 g/mol. The molecule has 0 fully saturated rings. The van der Waals surface area contributed by atoms with Gasteiger partial charge in [-0.2, -0.15) is 7.82 Å². The van der Waals surface area contributed by atoms with Crippen molar-refractivity contribution in [2.75, 3.05) is 0 Å². The van der Waals surface area contributed by atoms with Gasteiger partial charge < -0.3 is 19.2 Å². The highest BCUT2D eigenvalue weighted by Gasteiger charge is 1.98. The van der Waals surface area contributed by atoms with Crippen molar-refractivity contribution in [2.45, 2.75) is 78.9 Å². The largest absolute Gasteiger partial charge is 0.822 e. The third-order valence-corrected chi connectivity index (χ3v) is 4.78. The average Bonchev–Trinajstić information content (AvgIpc) is 3.50. The quantitative estimate of drug-likeness (QED) is 0.307. The SMILES string of the molecule is CCCCn1cc[n+](C)c1.CCCCn1cc[n+](C)c1.CCCCn1cc[n+](C)c1.O=P([O-])([O-])[O-]. The van der Waals surface area contributed by atoms with E-state index in [4.69, 9.17) is 19.2 Å². The van der Waals surface area contributed by atoms with Crippen molar-refractivity contribution in [3.8, 4) is 0 Å². The molecule has 0 N–H and O–H groups in total. The molecule has 0 aliphatic rings. The molecule has 0 unspecified atom stereocenters. The van der Waals surface area contributed by atoms with Crippen molar-refractivity contribution in [1.82, 2.24) is 13.7 Å². The molecule has 0 aliphatic carbocycles. The van der Waals surface area contributed by atoms with Crippen LogP contribution in [0.5, 0.6) is 0 Å². The molecular weight excluding hydrogens is 467 g/mol. The lowest BCUT2D eigenvalue weighted by Crippen LogP contribution is -2.24. The minimum Gasteiger partial charge on any atom is -0.822 e. The second kappa shape index (κ2) is 19.0. The highest BCUT2D eigenvalue weighted by atomic mass is 31.2. The van der Waals surface area contributed by atoms with Gasteiger partial charge in [0.15, 0.2) is 0 Å². The maximum absolute atomic E-state index is 8.55. The van der Waals surface area contributed by atoms with Crippen molar-refractivity contribution in [3.63, 3.8) is 0 Å². The van der Waals surface area contributed by atoms with E-state index in [-0.39, 0.29) is 0 Å². The Morgan fingerprint density at radius 3 is 0.971 bits per heavy atom. The number of hydrogen-bond acceptors (Lipinski definition) is 4. The second-order valence-corrected chi connectivity index (χ2v) is 9.35. The zero-order valence-electron chi connectivity index (χ0n) is 22.3. The Balaban J connectivity index is 0.000000453. The minimum absolute atomic E-state index is 1.15. The number of hydrogen-bond donors (Lipinski definition) is 0. The Kier molecular flexibility index (Phi) is 17.8. The number of aromatic nitrogens is 6. The van der Waals surface area contributed by atoms with E-state index in [1.165, 1.54) is 38.5 Å². The molecule has 35 heavy (non-hydrogen) atoms. The monoisotopic (exact) mass is 512 g/mol. The van der Waals surface area contributed by atoms with E-state index in [9.17, 15) is 0 Å². The number of unbranched alkanes of at least 4 members (excludes halogenated alkanes) is 3. The van der Waals surface area contributed by atoms with E-state index in [2.05, 4.69) is 104 Å². The van der Waals surface area contributed by atoms with Crippen LogP contribution in [-0.4, -0.2) is 13.7 Å². The first-order valence-electron chi connectivity index (χ1n) is 12.2. The number of phosphoric acid groups is 1. The summed E-state index contributed by atoms with van der Waals surface area (Å²) in [5, 5.41) is 0. The van der Waals surface area contributed by atoms with E-state index in [1.54, 1.807) is 0 Å². The lowest BCUT2D eigenvalue weighted by Gasteiger charge is -2.36. The van der Waals surface area contributed by atoms with Gasteiger partial charge in [0.2, 0.25) is 19.0 Å². The fourth-order valence-corrected chi connectivity index (χ4v) is 2.92. The van der Waals surface area contributed by atoms with Crippen LogP contribution < -0.4 is 28.4 Å². The van der Waals surface area contributed by atoms with E-state index in [0.717, 1.165) is 19.6 Å². The van der Waals surface area contributed by atoms with Crippen molar-refractivity contribution in [3.05, 3.63) is 56.2 Å². The van der Waals surface area contributed by atoms with Crippen LogP contribution in [0.3, 0.4) is 0 Å². The highest BCUT2D eigenvalue weighted by Crippen LogP contribution is 2.03. The van der Waals surface area contributed by atoms with Gasteiger partial charge in [-0.15, -0.1) is 0 Å². The summed E-state index contributed by atoms with van der Waals surface area (Å²) in [5.41, 5.74) is 0. The van der Waals surface area contributed by atoms with Crippen LogP contribution in [0.15, 0.2) is 56.2 Å². The van der Waals surface area contributed by atoms with Crippen LogP contribution in [0.1, 0.15) is 59.3 Å². The van der Waals surface area contributed by atoms with Crippen LogP contribution in [0.25, 0.3) is 0 Å². The van der Waals surface area contributed by atoms with Gasteiger partial charge in [-0.25, -0.2) is 27.4 Å². The van der Waals surface area contributed by atoms with E-state index >= 15 is 0 Å².